The highest BCUT2D eigenvalue weighted by molar-refractivity contribution is 6.31. The van der Waals surface area contributed by atoms with Crippen LogP contribution in [0.15, 0.2) is 47.3 Å². The van der Waals surface area contributed by atoms with E-state index in [2.05, 4.69) is 16.4 Å². The third-order valence-electron chi connectivity index (χ3n) is 3.73. The normalized spacial score (nSPS) is 10.9. The average molecular weight is 313 g/mol. The van der Waals surface area contributed by atoms with Crippen LogP contribution >= 0.6 is 11.6 Å². The summed E-state index contributed by atoms with van der Waals surface area (Å²) >= 11 is 6.11. The minimum atomic E-state index is -0.0675. The van der Waals surface area contributed by atoms with Crippen LogP contribution in [0.4, 0.5) is 5.69 Å². The number of anilines is 1. The van der Waals surface area contributed by atoms with Gasteiger partial charge in [-0.2, -0.15) is 0 Å². The molecular formula is C18H17ClN2O. The number of H-pyrrole nitrogens is 1. The zero-order valence-electron chi connectivity index (χ0n) is 12.5. The molecular weight excluding hydrogens is 296 g/mol. The Balaban J connectivity index is 1.88. The summed E-state index contributed by atoms with van der Waals surface area (Å²) in [6.45, 7) is 4.46. The van der Waals surface area contributed by atoms with Crippen molar-refractivity contribution >= 4 is 28.2 Å². The van der Waals surface area contributed by atoms with Gasteiger partial charge in [0, 0.05) is 28.3 Å². The number of nitrogens with one attached hydrogen (secondary N) is 2. The van der Waals surface area contributed by atoms with Crippen LogP contribution in [0.2, 0.25) is 5.02 Å². The molecule has 3 rings (SSSR count). The highest BCUT2D eigenvalue weighted by atomic mass is 35.5. The molecule has 0 aliphatic carbocycles. The van der Waals surface area contributed by atoms with Crippen molar-refractivity contribution in [1.82, 2.24) is 4.98 Å². The maximum atomic E-state index is 12.1. The summed E-state index contributed by atoms with van der Waals surface area (Å²) in [4.78, 5) is 15.1. The third kappa shape index (κ3) is 3.00. The quantitative estimate of drug-likeness (QED) is 0.752. The van der Waals surface area contributed by atoms with Gasteiger partial charge in [0.1, 0.15) is 0 Å². The molecule has 0 spiro atoms. The van der Waals surface area contributed by atoms with E-state index in [0.717, 1.165) is 22.2 Å². The number of halogens is 1. The summed E-state index contributed by atoms with van der Waals surface area (Å²) in [5.41, 5.74) is 4.60. The fourth-order valence-corrected chi connectivity index (χ4v) is 2.58. The summed E-state index contributed by atoms with van der Waals surface area (Å²) < 4.78 is 0. The lowest BCUT2D eigenvalue weighted by atomic mass is 10.1. The topological polar surface area (TPSA) is 44.9 Å². The van der Waals surface area contributed by atoms with E-state index in [4.69, 9.17) is 11.6 Å². The van der Waals surface area contributed by atoms with Crippen molar-refractivity contribution in [2.75, 3.05) is 5.32 Å². The van der Waals surface area contributed by atoms with Gasteiger partial charge in [0.15, 0.2) is 0 Å². The lowest BCUT2D eigenvalue weighted by Crippen LogP contribution is -2.15. The Morgan fingerprint density at radius 3 is 2.68 bits per heavy atom. The first-order valence-corrected chi connectivity index (χ1v) is 7.53. The van der Waals surface area contributed by atoms with E-state index in [1.807, 2.05) is 50.2 Å². The third-order valence-corrected chi connectivity index (χ3v) is 4.14. The van der Waals surface area contributed by atoms with Crippen molar-refractivity contribution in [3.8, 4) is 0 Å². The number of pyridine rings is 1. The first-order valence-electron chi connectivity index (χ1n) is 7.15. The maximum absolute atomic E-state index is 12.1. The Labute approximate surface area is 133 Å². The SMILES string of the molecule is Cc1ccc2[nH]c(=O)c(CNc3ccc(C)c(Cl)c3)cc2c1. The van der Waals surface area contributed by atoms with Gasteiger partial charge in [0.2, 0.25) is 0 Å². The van der Waals surface area contributed by atoms with Crippen molar-refractivity contribution in [3.05, 3.63) is 74.5 Å². The molecule has 0 amide bonds. The molecule has 0 unspecified atom stereocenters. The van der Waals surface area contributed by atoms with Gasteiger partial charge in [-0.15, -0.1) is 0 Å². The predicted octanol–water partition coefficient (Wildman–Crippen LogP) is 4.41. The van der Waals surface area contributed by atoms with Gasteiger partial charge in [0.25, 0.3) is 5.56 Å². The Morgan fingerprint density at radius 2 is 1.91 bits per heavy atom. The van der Waals surface area contributed by atoms with Crippen LogP contribution in [-0.2, 0) is 6.54 Å². The molecule has 0 aliphatic heterocycles. The molecule has 0 saturated carbocycles. The van der Waals surface area contributed by atoms with E-state index >= 15 is 0 Å². The van der Waals surface area contributed by atoms with Crippen molar-refractivity contribution in [2.45, 2.75) is 20.4 Å². The summed E-state index contributed by atoms with van der Waals surface area (Å²) in [7, 11) is 0. The molecule has 1 aromatic heterocycles. The van der Waals surface area contributed by atoms with Crippen molar-refractivity contribution in [3.63, 3.8) is 0 Å². The minimum absolute atomic E-state index is 0.0675. The van der Waals surface area contributed by atoms with E-state index < -0.39 is 0 Å². The monoisotopic (exact) mass is 312 g/mol. The number of aromatic nitrogens is 1. The number of aromatic amines is 1. The van der Waals surface area contributed by atoms with Gasteiger partial charge in [-0.3, -0.25) is 4.79 Å². The van der Waals surface area contributed by atoms with E-state index in [-0.39, 0.29) is 5.56 Å². The fourth-order valence-electron chi connectivity index (χ4n) is 2.40. The van der Waals surface area contributed by atoms with Gasteiger partial charge in [-0.1, -0.05) is 29.3 Å². The highest BCUT2D eigenvalue weighted by Crippen LogP contribution is 2.20. The summed E-state index contributed by atoms with van der Waals surface area (Å²) in [5, 5.41) is 5.00. The number of aryl methyl sites for hydroxylation is 2. The molecule has 2 aromatic carbocycles. The Hall–Kier alpha value is -2.26. The van der Waals surface area contributed by atoms with Gasteiger partial charge in [-0.05, 0) is 55.1 Å². The van der Waals surface area contributed by atoms with Crippen LogP contribution in [0, 0.1) is 13.8 Å². The zero-order valence-corrected chi connectivity index (χ0v) is 13.3. The molecule has 22 heavy (non-hydrogen) atoms. The molecule has 3 aromatic rings. The predicted molar refractivity (Wildman–Crippen MR) is 92.8 cm³/mol. The number of rotatable bonds is 3. The number of benzene rings is 2. The summed E-state index contributed by atoms with van der Waals surface area (Å²) in [6.07, 6.45) is 0. The molecule has 0 saturated heterocycles. The fraction of sp³-hybridized carbons (Fsp3) is 0.167. The Kier molecular flexibility index (Phi) is 3.90. The van der Waals surface area contributed by atoms with Crippen LogP contribution < -0.4 is 10.9 Å². The molecule has 0 radical (unpaired) electrons. The molecule has 2 N–H and O–H groups in total. The van der Waals surface area contributed by atoms with Crippen LogP contribution in [0.5, 0.6) is 0 Å². The van der Waals surface area contributed by atoms with Crippen LogP contribution in [0.25, 0.3) is 10.9 Å². The molecule has 0 atom stereocenters. The second-order valence-electron chi connectivity index (χ2n) is 5.53. The minimum Gasteiger partial charge on any atom is -0.381 e. The van der Waals surface area contributed by atoms with E-state index in [1.54, 1.807) is 0 Å². The molecule has 4 heteroatoms. The average Bonchev–Trinajstić information content (AvgIpc) is 2.49. The van der Waals surface area contributed by atoms with E-state index in [1.165, 1.54) is 5.56 Å². The van der Waals surface area contributed by atoms with Crippen LogP contribution in [-0.4, -0.2) is 4.98 Å². The first kappa shape index (κ1) is 14.7. The maximum Gasteiger partial charge on any atom is 0.253 e. The van der Waals surface area contributed by atoms with E-state index in [0.29, 0.717) is 17.1 Å². The summed E-state index contributed by atoms with van der Waals surface area (Å²) in [5.74, 6) is 0. The van der Waals surface area contributed by atoms with Gasteiger partial charge in [0.05, 0.1) is 0 Å². The Bertz CT molecular complexity index is 899. The van der Waals surface area contributed by atoms with Gasteiger partial charge >= 0.3 is 0 Å². The molecule has 0 aliphatic rings. The van der Waals surface area contributed by atoms with Crippen molar-refractivity contribution in [1.29, 1.82) is 0 Å². The lowest BCUT2D eigenvalue weighted by Gasteiger charge is -2.09. The smallest absolute Gasteiger partial charge is 0.253 e. The van der Waals surface area contributed by atoms with Crippen LogP contribution in [0.1, 0.15) is 16.7 Å². The number of hydrogen-bond donors (Lipinski definition) is 2. The lowest BCUT2D eigenvalue weighted by molar-refractivity contribution is 1.09. The Morgan fingerprint density at radius 1 is 1.09 bits per heavy atom. The number of fused-ring (bicyclic) bond motifs is 1. The molecule has 0 bridgehead atoms. The first-order chi connectivity index (χ1) is 10.5. The standard InChI is InChI=1S/C18H17ClN2O/c1-11-3-6-17-13(7-11)8-14(18(22)21-17)10-20-15-5-4-12(2)16(19)9-15/h3-9,20H,10H2,1-2H3,(H,21,22). The molecule has 0 fully saturated rings. The molecule has 3 nitrogen and oxygen atoms in total. The zero-order chi connectivity index (χ0) is 15.7. The second-order valence-corrected chi connectivity index (χ2v) is 5.94. The summed E-state index contributed by atoms with van der Waals surface area (Å²) in [6, 6.07) is 13.7. The molecule has 1 heterocycles. The largest absolute Gasteiger partial charge is 0.381 e. The van der Waals surface area contributed by atoms with Gasteiger partial charge in [-0.25, -0.2) is 0 Å². The highest BCUT2D eigenvalue weighted by Gasteiger charge is 2.04. The van der Waals surface area contributed by atoms with Crippen molar-refractivity contribution in [2.24, 2.45) is 0 Å². The van der Waals surface area contributed by atoms with E-state index in [9.17, 15) is 4.79 Å². The second kappa shape index (κ2) is 5.85. The number of hydrogen-bond acceptors (Lipinski definition) is 2. The van der Waals surface area contributed by atoms with Crippen molar-refractivity contribution < 1.29 is 0 Å². The molecule has 112 valence electrons. The van der Waals surface area contributed by atoms with Gasteiger partial charge < -0.3 is 10.3 Å². The van der Waals surface area contributed by atoms with Crippen LogP contribution in [0.3, 0.4) is 0 Å².